The van der Waals surface area contributed by atoms with Crippen LogP contribution in [0.5, 0.6) is 0 Å². The Morgan fingerprint density at radius 2 is 1.41 bits per heavy atom. The third-order valence-corrected chi connectivity index (χ3v) is 10.1. The summed E-state index contributed by atoms with van der Waals surface area (Å²) >= 11 is 0. The average Bonchev–Trinajstić information content (AvgIpc) is 3.45. The number of hydrogen-bond donors (Lipinski definition) is 0. The van der Waals surface area contributed by atoms with Gasteiger partial charge in [0.2, 0.25) is 0 Å². The van der Waals surface area contributed by atoms with Gasteiger partial charge in [0.05, 0.1) is 32.5 Å². The van der Waals surface area contributed by atoms with Crippen LogP contribution < -0.4 is 0 Å². The van der Waals surface area contributed by atoms with E-state index in [1.807, 2.05) is 0 Å². The molecule has 2 saturated heterocycles. The first-order valence-electron chi connectivity index (χ1n) is 19.5. The lowest BCUT2D eigenvalue weighted by Crippen LogP contribution is -2.38. The van der Waals surface area contributed by atoms with E-state index >= 15 is 0 Å². The Balaban J connectivity index is 1.60. The molecule has 0 aromatic rings. The predicted octanol–water partition coefficient (Wildman–Crippen LogP) is 9.29. The Bertz CT molecular complexity index is 755. The summed E-state index contributed by atoms with van der Waals surface area (Å²) in [5.74, 6) is 1.30. The van der Waals surface area contributed by atoms with E-state index < -0.39 is 5.79 Å². The zero-order chi connectivity index (χ0) is 33.3. The maximum Gasteiger partial charge on any atom is 0.305 e. The fraction of sp³-hybridized carbons (Fsp3) is 0.949. The van der Waals surface area contributed by atoms with Gasteiger partial charge in [0, 0.05) is 45.3 Å². The number of esters is 1. The number of ether oxygens (including phenoxy) is 4. The maximum absolute atomic E-state index is 12.3. The van der Waals surface area contributed by atoms with Gasteiger partial charge in [-0.05, 0) is 56.3 Å². The van der Waals surface area contributed by atoms with Crippen molar-refractivity contribution in [3.8, 4) is 0 Å². The minimum absolute atomic E-state index is 0.0186. The number of aldehydes is 1. The lowest BCUT2D eigenvalue weighted by molar-refractivity contribution is -0.180. The van der Waals surface area contributed by atoms with E-state index in [-0.39, 0.29) is 12.1 Å². The van der Waals surface area contributed by atoms with Crippen LogP contribution in [0.15, 0.2) is 0 Å². The summed E-state index contributed by atoms with van der Waals surface area (Å²) in [6.07, 6.45) is 24.2. The molecule has 2 rings (SSSR count). The van der Waals surface area contributed by atoms with Crippen LogP contribution in [0.3, 0.4) is 0 Å². The summed E-state index contributed by atoms with van der Waals surface area (Å²) in [6.45, 7) is 15.1. The lowest BCUT2D eigenvalue weighted by atomic mass is 9.89. The Morgan fingerprint density at radius 3 is 2.00 bits per heavy atom. The van der Waals surface area contributed by atoms with Crippen LogP contribution >= 0.6 is 0 Å². The summed E-state index contributed by atoms with van der Waals surface area (Å²) in [5, 5.41) is 0. The summed E-state index contributed by atoms with van der Waals surface area (Å²) in [4.78, 5) is 25.3. The van der Waals surface area contributed by atoms with Crippen LogP contribution in [-0.4, -0.2) is 75.1 Å². The van der Waals surface area contributed by atoms with Crippen molar-refractivity contribution in [2.75, 3.05) is 46.1 Å². The zero-order valence-electron chi connectivity index (χ0n) is 30.6. The van der Waals surface area contributed by atoms with Crippen LogP contribution in [0.1, 0.15) is 163 Å². The molecule has 0 aromatic carbocycles. The third-order valence-electron chi connectivity index (χ3n) is 10.1. The van der Waals surface area contributed by atoms with Gasteiger partial charge < -0.3 is 23.7 Å². The van der Waals surface area contributed by atoms with E-state index in [0.29, 0.717) is 37.2 Å². The Morgan fingerprint density at radius 1 is 0.826 bits per heavy atom. The Kier molecular flexibility index (Phi) is 23.2. The van der Waals surface area contributed by atoms with E-state index in [0.717, 1.165) is 104 Å². The van der Waals surface area contributed by atoms with Crippen LogP contribution in [0.25, 0.3) is 0 Å². The topological polar surface area (TPSA) is 74.3 Å². The molecular weight excluding hydrogens is 578 g/mol. The molecule has 0 spiro atoms. The highest BCUT2D eigenvalue weighted by atomic mass is 16.7. The molecule has 46 heavy (non-hydrogen) atoms. The molecule has 0 N–H and O–H groups in total. The average molecular weight is 652 g/mol. The number of carbonyl (C=O) groups excluding carboxylic acids is 2. The highest BCUT2D eigenvalue weighted by Gasteiger charge is 2.40. The fourth-order valence-corrected chi connectivity index (χ4v) is 6.78. The quantitative estimate of drug-likeness (QED) is 0.0453. The molecule has 0 saturated carbocycles. The first-order chi connectivity index (χ1) is 22.3. The van der Waals surface area contributed by atoms with Gasteiger partial charge in [-0.25, -0.2) is 0 Å². The van der Waals surface area contributed by atoms with Gasteiger partial charge in [-0.2, -0.15) is 0 Å². The fourth-order valence-electron chi connectivity index (χ4n) is 6.78. The smallest absolute Gasteiger partial charge is 0.305 e. The van der Waals surface area contributed by atoms with Gasteiger partial charge in [-0.1, -0.05) is 98.3 Å². The van der Waals surface area contributed by atoms with Crippen LogP contribution in [0.4, 0.5) is 0 Å². The minimum atomic E-state index is -0.399. The van der Waals surface area contributed by atoms with Crippen molar-refractivity contribution in [2.24, 2.45) is 17.8 Å². The molecule has 270 valence electrons. The van der Waals surface area contributed by atoms with Crippen LogP contribution in [-0.2, 0) is 28.5 Å². The molecular formula is C39H73NO6. The summed E-state index contributed by atoms with van der Waals surface area (Å²) in [7, 11) is 0. The van der Waals surface area contributed by atoms with Crippen LogP contribution in [0, 0.1) is 17.8 Å². The van der Waals surface area contributed by atoms with Gasteiger partial charge in [0.15, 0.2) is 5.79 Å². The third kappa shape index (κ3) is 19.7. The normalized spacial score (nSPS) is 21.3. The molecule has 7 heteroatoms. The van der Waals surface area contributed by atoms with Gasteiger partial charge in [-0.15, -0.1) is 0 Å². The van der Waals surface area contributed by atoms with E-state index in [9.17, 15) is 9.59 Å². The highest BCUT2D eigenvalue weighted by molar-refractivity contribution is 5.69. The maximum atomic E-state index is 12.3. The molecule has 2 fully saturated rings. The molecule has 0 bridgehead atoms. The molecule has 0 aromatic heterocycles. The largest absolute Gasteiger partial charge is 0.465 e. The van der Waals surface area contributed by atoms with E-state index in [1.54, 1.807) is 0 Å². The number of rotatable bonds is 29. The number of unbranched alkanes of at least 4 members (excludes halogenated alkanes) is 13. The molecule has 7 nitrogen and oxygen atoms in total. The Labute approximate surface area is 283 Å². The monoisotopic (exact) mass is 652 g/mol. The van der Waals surface area contributed by atoms with E-state index in [1.165, 1.54) is 64.2 Å². The Hall–Kier alpha value is -1.02. The zero-order valence-corrected chi connectivity index (χ0v) is 30.6. The number of carbonyl (C=O) groups is 2. The van der Waals surface area contributed by atoms with E-state index in [4.69, 9.17) is 18.9 Å². The van der Waals surface area contributed by atoms with E-state index in [2.05, 4.69) is 32.6 Å². The van der Waals surface area contributed by atoms with Gasteiger partial charge in [0.1, 0.15) is 6.29 Å². The van der Waals surface area contributed by atoms with Gasteiger partial charge in [-0.3, -0.25) is 9.69 Å². The second kappa shape index (κ2) is 25.9. The number of hydrogen-bond acceptors (Lipinski definition) is 7. The summed E-state index contributed by atoms with van der Waals surface area (Å²) in [5.41, 5.74) is 0. The second-order valence-corrected chi connectivity index (χ2v) is 15.0. The van der Waals surface area contributed by atoms with Crippen molar-refractivity contribution in [3.05, 3.63) is 0 Å². The van der Waals surface area contributed by atoms with Crippen molar-refractivity contribution in [3.63, 3.8) is 0 Å². The van der Waals surface area contributed by atoms with Crippen LogP contribution in [0.2, 0.25) is 0 Å². The summed E-state index contributed by atoms with van der Waals surface area (Å²) in [6, 6.07) is 0. The molecule has 2 aliphatic heterocycles. The number of morpholine rings is 1. The number of nitrogens with zero attached hydrogens (tertiary/aromatic N) is 1. The SMILES string of the molecule is CC(C)CCC(COC(=O)CCCCCCCCCC1(CCCCCCCCCC=O)OCC(CCN2CCOCC2)O1)C(C)C. The van der Waals surface area contributed by atoms with Gasteiger partial charge in [0.25, 0.3) is 0 Å². The molecule has 0 radical (unpaired) electrons. The standard InChI is InChI=1S/C39H73NO6/c1-34(2)21-22-36(35(3)4)32-44-38(42)20-16-12-8-7-10-14-18-25-39(24-17-13-9-5-6-11-15-19-29-41)45-33-37(46-39)23-26-40-27-30-43-31-28-40/h29,34-37H,5-28,30-33H2,1-4H3. The lowest BCUT2D eigenvalue weighted by Gasteiger charge is -2.30. The highest BCUT2D eigenvalue weighted by Crippen LogP contribution is 2.36. The second-order valence-electron chi connectivity index (χ2n) is 15.0. The van der Waals surface area contributed by atoms with Crippen molar-refractivity contribution >= 4 is 12.3 Å². The first-order valence-corrected chi connectivity index (χ1v) is 19.5. The first kappa shape index (κ1) is 41.2. The molecule has 0 amide bonds. The van der Waals surface area contributed by atoms with Gasteiger partial charge >= 0.3 is 5.97 Å². The molecule has 2 aliphatic rings. The van der Waals surface area contributed by atoms with Crippen molar-refractivity contribution in [2.45, 2.75) is 174 Å². The molecule has 3 unspecified atom stereocenters. The molecule has 3 atom stereocenters. The van der Waals surface area contributed by atoms with Crippen molar-refractivity contribution in [1.29, 1.82) is 0 Å². The molecule has 0 aliphatic carbocycles. The molecule has 2 heterocycles. The van der Waals surface area contributed by atoms with Crippen molar-refractivity contribution in [1.82, 2.24) is 4.90 Å². The minimum Gasteiger partial charge on any atom is -0.465 e. The predicted molar refractivity (Wildman–Crippen MR) is 188 cm³/mol. The van der Waals surface area contributed by atoms with Crippen molar-refractivity contribution < 1.29 is 28.5 Å². The summed E-state index contributed by atoms with van der Waals surface area (Å²) < 4.78 is 24.3.